The van der Waals surface area contributed by atoms with Gasteiger partial charge < -0.3 is 10.8 Å². The number of aliphatic hydroxyl groups is 1. The Kier molecular flexibility index (Phi) is 3.39. The van der Waals surface area contributed by atoms with Gasteiger partial charge in [-0.05, 0) is 28.8 Å². The monoisotopic (exact) mass is 245 g/mol. The van der Waals surface area contributed by atoms with Crippen molar-refractivity contribution < 1.29 is 14.3 Å². The fourth-order valence-corrected chi connectivity index (χ4v) is 1.81. The number of benzene rings is 2. The van der Waals surface area contributed by atoms with E-state index in [1.807, 2.05) is 0 Å². The van der Waals surface area contributed by atoms with Crippen molar-refractivity contribution in [2.75, 3.05) is 0 Å². The molecule has 0 radical (unpaired) electrons. The predicted molar refractivity (Wildman–Crippen MR) is 66.0 cm³/mol. The summed E-state index contributed by atoms with van der Waals surface area (Å²) in [5.74, 6) is -1.21. The summed E-state index contributed by atoms with van der Waals surface area (Å²) in [7, 11) is 0. The van der Waals surface area contributed by atoms with Crippen LogP contribution in [0.4, 0.5) is 4.39 Å². The molecular formula is C14H12FNO2. The van der Waals surface area contributed by atoms with Crippen LogP contribution in [0.3, 0.4) is 0 Å². The second-order valence-electron chi connectivity index (χ2n) is 3.90. The summed E-state index contributed by atoms with van der Waals surface area (Å²) in [6, 6.07) is 12.7. The summed E-state index contributed by atoms with van der Waals surface area (Å²) in [6.07, 6.45) is -1.40. The molecule has 0 saturated heterocycles. The van der Waals surface area contributed by atoms with Gasteiger partial charge in [0.25, 0.3) is 5.91 Å². The van der Waals surface area contributed by atoms with E-state index in [0.717, 1.165) is 0 Å². The molecule has 0 fully saturated rings. The van der Waals surface area contributed by atoms with E-state index < -0.39 is 12.0 Å². The molecule has 0 heterocycles. The number of primary amides is 1. The SMILES string of the molecule is NC(=O)C(O)c1ccccc1-c1cccc(F)c1. The minimum atomic E-state index is -1.40. The average molecular weight is 245 g/mol. The summed E-state index contributed by atoms with van der Waals surface area (Å²) in [5, 5.41) is 9.74. The fourth-order valence-electron chi connectivity index (χ4n) is 1.81. The quantitative estimate of drug-likeness (QED) is 0.868. The highest BCUT2D eigenvalue weighted by Gasteiger charge is 2.18. The minimum absolute atomic E-state index is 0.371. The Labute approximate surface area is 104 Å². The van der Waals surface area contributed by atoms with E-state index >= 15 is 0 Å². The first kappa shape index (κ1) is 12.3. The molecule has 1 atom stereocenters. The molecule has 2 aromatic rings. The molecule has 0 aliphatic heterocycles. The number of hydrogen-bond acceptors (Lipinski definition) is 2. The van der Waals surface area contributed by atoms with Gasteiger partial charge in [-0.25, -0.2) is 4.39 Å². The van der Waals surface area contributed by atoms with E-state index in [1.165, 1.54) is 12.1 Å². The smallest absolute Gasteiger partial charge is 0.250 e. The van der Waals surface area contributed by atoms with Gasteiger partial charge in [0, 0.05) is 0 Å². The molecule has 2 aromatic carbocycles. The highest BCUT2D eigenvalue weighted by Crippen LogP contribution is 2.28. The van der Waals surface area contributed by atoms with Gasteiger partial charge in [-0.1, -0.05) is 36.4 Å². The maximum Gasteiger partial charge on any atom is 0.250 e. The van der Waals surface area contributed by atoms with Crippen molar-refractivity contribution in [2.45, 2.75) is 6.10 Å². The van der Waals surface area contributed by atoms with Gasteiger partial charge in [-0.2, -0.15) is 0 Å². The van der Waals surface area contributed by atoms with Crippen LogP contribution in [0, 0.1) is 5.82 Å². The van der Waals surface area contributed by atoms with Gasteiger partial charge in [0.15, 0.2) is 6.10 Å². The van der Waals surface area contributed by atoms with E-state index in [0.29, 0.717) is 16.7 Å². The topological polar surface area (TPSA) is 63.3 Å². The maximum atomic E-state index is 13.2. The third kappa shape index (κ3) is 2.38. The lowest BCUT2D eigenvalue weighted by atomic mass is 9.96. The summed E-state index contributed by atoms with van der Waals surface area (Å²) in [6.45, 7) is 0. The van der Waals surface area contributed by atoms with Crippen LogP contribution in [0.15, 0.2) is 48.5 Å². The standard InChI is InChI=1S/C14H12FNO2/c15-10-5-3-4-9(8-10)11-6-1-2-7-12(11)13(17)14(16)18/h1-8,13,17H,(H2,16,18). The number of halogens is 1. The Bertz CT molecular complexity index is 584. The zero-order valence-electron chi connectivity index (χ0n) is 9.51. The van der Waals surface area contributed by atoms with Crippen molar-refractivity contribution in [1.29, 1.82) is 0 Å². The number of carbonyl (C=O) groups is 1. The van der Waals surface area contributed by atoms with Crippen molar-refractivity contribution in [1.82, 2.24) is 0 Å². The lowest BCUT2D eigenvalue weighted by molar-refractivity contribution is -0.126. The molecule has 3 nitrogen and oxygen atoms in total. The zero-order chi connectivity index (χ0) is 13.1. The third-order valence-electron chi connectivity index (χ3n) is 2.66. The van der Waals surface area contributed by atoms with Crippen molar-refractivity contribution in [3.8, 4) is 11.1 Å². The van der Waals surface area contributed by atoms with Crippen molar-refractivity contribution in [3.63, 3.8) is 0 Å². The molecule has 0 aromatic heterocycles. The summed E-state index contributed by atoms with van der Waals surface area (Å²) < 4.78 is 13.2. The minimum Gasteiger partial charge on any atom is -0.378 e. The van der Waals surface area contributed by atoms with Crippen LogP contribution in [0.25, 0.3) is 11.1 Å². The first-order valence-corrected chi connectivity index (χ1v) is 5.42. The Morgan fingerprint density at radius 2 is 1.89 bits per heavy atom. The lowest BCUT2D eigenvalue weighted by Crippen LogP contribution is -2.21. The van der Waals surface area contributed by atoms with Gasteiger partial charge in [-0.3, -0.25) is 4.79 Å². The summed E-state index contributed by atoms with van der Waals surface area (Å²) in [5.41, 5.74) is 6.63. The molecular weight excluding hydrogens is 233 g/mol. The fraction of sp³-hybridized carbons (Fsp3) is 0.0714. The Hall–Kier alpha value is -2.20. The number of amides is 1. The maximum absolute atomic E-state index is 13.2. The van der Waals surface area contributed by atoms with Crippen LogP contribution in [0.1, 0.15) is 11.7 Å². The lowest BCUT2D eigenvalue weighted by Gasteiger charge is -2.13. The zero-order valence-corrected chi connectivity index (χ0v) is 9.51. The van der Waals surface area contributed by atoms with Crippen molar-refractivity contribution >= 4 is 5.91 Å². The molecule has 0 aliphatic carbocycles. The Balaban J connectivity index is 2.55. The number of aliphatic hydroxyl groups excluding tert-OH is 1. The molecule has 92 valence electrons. The van der Waals surface area contributed by atoms with Crippen LogP contribution >= 0.6 is 0 Å². The van der Waals surface area contributed by atoms with E-state index in [9.17, 15) is 14.3 Å². The highest BCUT2D eigenvalue weighted by molar-refractivity contribution is 5.83. The molecule has 18 heavy (non-hydrogen) atoms. The molecule has 0 spiro atoms. The first-order valence-electron chi connectivity index (χ1n) is 5.42. The molecule has 4 heteroatoms. The van der Waals surface area contributed by atoms with Crippen LogP contribution in [0.2, 0.25) is 0 Å². The number of nitrogens with two attached hydrogens (primary N) is 1. The summed E-state index contributed by atoms with van der Waals surface area (Å²) >= 11 is 0. The van der Waals surface area contributed by atoms with E-state index in [2.05, 4.69) is 0 Å². The van der Waals surface area contributed by atoms with Crippen LogP contribution in [0.5, 0.6) is 0 Å². The first-order chi connectivity index (χ1) is 8.59. The Morgan fingerprint density at radius 1 is 1.17 bits per heavy atom. The second-order valence-corrected chi connectivity index (χ2v) is 3.90. The summed E-state index contributed by atoms with van der Waals surface area (Å²) in [4.78, 5) is 11.0. The number of rotatable bonds is 3. The highest BCUT2D eigenvalue weighted by atomic mass is 19.1. The molecule has 1 unspecified atom stereocenters. The average Bonchev–Trinajstić information content (AvgIpc) is 2.38. The van der Waals surface area contributed by atoms with E-state index in [-0.39, 0.29) is 5.82 Å². The van der Waals surface area contributed by atoms with E-state index in [1.54, 1.807) is 36.4 Å². The van der Waals surface area contributed by atoms with Crippen molar-refractivity contribution in [3.05, 3.63) is 59.9 Å². The van der Waals surface area contributed by atoms with Gasteiger partial charge >= 0.3 is 0 Å². The largest absolute Gasteiger partial charge is 0.378 e. The molecule has 1 amide bonds. The van der Waals surface area contributed by atoms with Crippen LogP contribution in [-0.2, 0) is 4.79 Å². The van der Waals surface area contributed by atoms with Crippen molar-refractivity contribution in [2.24, 2.45) is 5.73 Å². The third-order valence-corrected chi connectivity index (χ3v) is 2.66. The Morgan fingerprint density at radius 3 is 2.56 bits per heavy atom. The van der Waals surface area contributed by atoms with Gasteiger partial charge in [0.05, 0.1) is 0 Å². The van der Waals surface area contributed by atoms with Gasteiger partial charge in [0.1, 0.15) is 5.82 Å². The molecule has 0 bridgehead atoms. The molecule has 2 rings (SSSR count). The second kappa shape index (κ2) is 4.98. The van der Waals surface area contributed by atoms with E-state index in [4.69, 9.17) is 5.73 Å². The van der Waals surface area contributed by atoms with Crippen LogP contribution in [-0.4, -0.2) is 11.0 Å². The number of carbonyl (C=O) groups excluding carboxylic acids is 1. The predicted octanol–water partition coefficient (Wildman–Crippen LogP) is 2.01. The van der Waals surface area contributed by atoms with Gasteiger partial charge in [-0.15, -0.1) is 0 Å². The van der Waals surface area contributed by atoms with Crippen LogP contribution < -0.4 is 5.73 Å². The molecule has 0 saturated carbocycles. The number of hydrogen-bond donors (Lipinski definition) is 2. The normalized spacial score (nSPS) is 12.1. The molecule has 3 N–H and O–H groups in total. The molecule has 0 aliphatic rings. The van der Waals surface area contributed by atoms with Gasteiger partial charge in [0.2, 0.25) is 0 Å².